The zero-order chi connectivity index (χ0) is 66.2. The lowest BCUT2D eigenvalue weighted by atomic mass is 9.93. The quantitative estimate of drug-likeness (QED) is 0.131. The predicted molar refractivity (Wildman–Crippen MR) is 353 cm³/mol. The van der Waals surface area contributed by atoms with Crippen molar-refractivity contribution >= 4 is 106 Å². The van der Waals surface area contributed by atoms with E-state index in [1.54, 1.807) is 45.2 Å². The number of hydrogen-bond donors (Lipinski definition) is 1. The van der Waals surface area contributed by atoms with E-state index in [0.29, 0.717) is 117 Å². The standard InChI is InChI=1S/C26H24F2N6O.C25H23F2N5.C19H14BrF2N5/c1-15-31-32-25-29-24(21-13-18(27)7-8-22(21)34(15)25)33-11-5-6-20-17(12-19(28)14-23(20)33)9-10-26(3,4)30-16(2)35;1-15-29-30-24-28-23(20-13-17(26)7-8-21(20)32(15)24)31-11-5-6-19-16(9-10-25(2,3)4)12-18(27)14-22(19)31;1-10-24-25-19-23-18(14-7-11(21)4-5-16(14)27(10)19)26-6-2-3-13-15(20)8-12(22)9-17(13)26/h7-8,12-14H,5-6,11H2,1-4H3,(H,30,35);7-8,12-14H,5-6,11H2,1-4H3;4-5,7-9H,2-3,6H2,1H3. The van der Waals surface area contributed by atoms with Crippen LogP contribution < -0.4 is 20.0 Å². The smallest absolute Gasteiger partial charge is 0.257 e. The summed E-state index contributed by atoms with van der Waals surface area (Å²) in [6.07, 6.45) is 4.84. The van der Waals surface area contributed by atoms with Crippen LogP contribution >= 0.6 is 15.9 Å². The maximum atomic E-state index is 14.8. The summed E-state index contributed by atoms with van der Waals surface area (Å²) in [5.41, 5.74) is 7.49. The fourth-order valence-corrected chi connectivity index (χ4v) is 13.2. The number of hydrogen-bond acceptors (Lipinski definition) is 13. The lowest BCUT2D eigenvalue weighted by molar-refractivity contribution is -0.120. The molecule has 17 nitrogen and oxygen atoms in total. The van der Waals surface area contributed by atoms with Crippen LogP contribution in [0.4, 0.5) is 60.9 Å². The Hall–Kier alpha value is -10.2. The van der Waals surface area contributed by atoms with Crippen molar-refractivity contribution < 1.29 is 31.1 Å². The molecule has 9 heterocycles. The first-order valence-electron chi connectivity index (χ1n) is 30.6. The Morgan fingerprint density at radius 2 is 0.819 bits per heavy atom. The topological polar surface area (TPSA) is 168 Å². The Morgan fingerprint density at radius 3 is 1.19 bits per heavy atom. The number of carbonyl (C=O) groups excluding carboxylic acids is 1. The molecule has 94 heavy (non-hydrogen) atoms. The summed E-state index contributed by atoms with van der Waals surface area (Å²) < 4.78 is 92.5. The number of aryl methyl sites for hydroxylation is 3. The van der Waals surface area contributed by atoms with E-state index in [-0.39, 0.29) is 34.6 Å². The minimum Gasteiger partial charge on any atom is -0.341 e. The predicted octanol–water partition coefficient (Wildman–Crippen LogP) is 14.3. The van der Waals surface area contributed by atoms with Crippen molar-refractivity contribution in [3.63, 3.8) is 0 Å². The first kappa shape index (κ1) is 62.6. The Balaban J connectivity index is 0.000000129. The number of anilines is 6. The lowest BCUT2D eigenvalue weighted by Gasteiger charge is -2.32. The van der Waals surface area contributed by atoms with E-state index in [0.717, 1.165) is 75.5 Å². The molecule has 0 bridgehead atoms. The highest BCUT2D eigenvalue weighted by Crippen LogP contribution is 2.43. The van der Waals surface area contributed by atoms with Crippen LogP contribution in [0.2, 0.25) is 0 Å². The molecule has 1 amide bonds. The summed E-state index contributed by atoms with van der Waals surface area (Å²) in [6, 6.07) is 22.5. The summed E-state index contributed by atoms with van der Waals surface area (Å²) >= 11 is 3.46. The largest absolute Gasteiger partial charge is 0.341 e. The third-order valence-corrected chi connectivity index (χ3v) is 17.2. The number of rotatable bonds is 4. The zero-order valence-electron chi connectivity index (χ0n) is 52.8. The molecular weight excluding hydrogens is 1270 g/mol. The van der Waals surface area contributed by atoms with Crippen molar-refractivity contribution in [3.05, 3.63) is 176 Å². The molecule has 476 valence electrons. The van der Waals surface area contributed by atoms with Crippen LogP contribution in [0.3, 0.4) is 0 Å². The lowest BCUT2D eigenvalue weighted by Crippen LogP contribution is -2.40. The number of benzene rings is 6. The minimum absolute atomic E-state index is 0.193. The highest BCUT2D eigenvalue weighted by Gasteiger charge is 2.30. The Kier molecular flexibility index (Phi) is 16.2. The monoisotopic (exact) mass is 1330 g/mol. The highest BCUT2D eigenvalue weighted by molar-refractivity contribution is 9.10. The second-order valence-corrected chi connectivity index (χ2v) is 25.9. The fraction of sp³-hybridized carbons (Fsp3) is 0.286. The molecule has 15 rings (SSSR count). The minimum atomic E-state index is -0.773. The van der Waals surface area contributed by atoms with E-state index in [4.69, 9.17) is 9.97 Å². The van der Waals surface area contributed by atoms with Gasteiger partial charge in [0, 0.05) is 80.8 Å². The first-order valence-corrected chi connectivity index (χ1v) is 31.4. The van der Waals surface area contributed by atoms with Gasteiger partial charge in [-0.25, -0.2) is 26.3 Å². The van der Waals surface area contributed by atoms with Gasteiger partial charge in [-0.3, -0.25) is 18.0 Å². The summed E-state index contributed by atoms with van der Waals surface area (Å²) in [5, 5.41) is 29.5. The van der Waals surface area contributed by atoms with Gasteiger partial charge in [0.1, 0.15) is 69.8 Å². The van der Waals surface area contributed by atoms with Crippen LogP contribution in [0.15, 0.2) is 95.5 Å². The van der Waals surface area contributed by atoms with Gasteiger partial charge < -0.3 is 20.0 Å². The second-order valence-electron chi connectivity index (χ2n) is 25.0. The fourth-order valence-electron chi connectivity index (χ4n) is 12.6. The third kappa shape index (κ3) is 12.0. The normalized spacial score (nSPS) is 13.8. The number of amides is 1. The van der Waals surface area contributed by atoms with E-state index < -0.39 is 17.2 Å². The maximum Gasteiger partial charge on any atom is 0.257 e. The number of nitrogens with zero attached hydrogens (tertiary/aromatic N) is 15. The molecule has 0 saturated heterocycles. The van der Waals surface area contributed by atoms with Crippen molar-refractivity contribution in [1.29, 1.82) is 0 Å². The number of fused-ring (bicyclic) bond motifs is 12. The van der Waals surface area contributed by atoms with Gasteiger partial charge in [-0.15, -0.1) is 30.6 Å². The van der Waals surface area contributed by atoms with E-state index in [9.17, 15) is 31.1 Å². The van der Waals surface area contributed by atoms with Crippen LogP contribution in [0, 0.1) is 84.8 Å². The molecular formula is C70H61BrF6N16O. The third-order valence-electron chi connectivity index (χ3n) is 16.5. The number of aromatic nitrogens is 12. The molecule has 6 aromatic heterocycles. The summed E-state index contributed by atoms with van der Waals surface area (Å²) in [4.78, 5) is 31.4. The average molecular weight is 1340 g/mol. The zero-order valence-corrected chi connectivity index (χ0v) is 54.4. The van der Waals surface area contributed by atoms with Crippen LogP contribution in [0.1, 0.15) is 106 Å². The molecule has 3 aliphatic heterocycles. The van der Waals surface area contributed by atoms with Crippen LogP contribution in [-0.2, 0) is 24.1 Å². The molecule has 0 aliphatic carbocycles. The molecule has 24 heteroatoms. The number of halogens is 7. The summed E-state index contributed by atoms with van der Waals surface area (Å²) in [6.45, 7) is 18.4. The molecule has 0 unspecified atom stereocenters. The van der Waals surface area contributed by atoms with Crippen molar-refractivity contribution in [2.45, 2.75) is 106 Å². The van der Waals surface area contributed by atoms with Crippen molar-refractivity contribution in [2.24, 2.45) is 5.41 Å². The van der Waals surface area contributed by atoms with E-state index in [2.05, 4.69) is 80.5 Å². The van der Waals surface area contributed by atoms with Crippen LogP contribution in [0.5, 0.6) is 0 Å². The van der Waals surface area contributed by atoms with Gasteiger partial charge in [-0.1, -0.05) is 39.6 Å². The Labute approximate surface area is 544 Å². The van der Waals surface area contributed by atoms with Crippen molar-refractivity contribution in [3.8, 4) is 23.7 Å². The summed E-state index contributed by atoms with van der Waals surface area (Å²) in [5.74, 6) is 14.9. The van der Waals surface area contributed by atoms with Gasteiger partial charge in [-0.05, 0) is 202 Å². The van der Waals surface area contributed by atoms with Gasteiger partial charge in [0.2, 0.25) is 5.91 Å². The van der Waals surface area contributed by atoms with Gasteiger partial charge in [0.15, 0.2) is 0 Å². The molecule has 1 N–H and O–H groups in total. The van der Waals surface area contributed by atoms with E-state index in [1.807, 2.05) is 56.2 Å². The second kappa shape index (κ2) is 24.4. The van der Waals surface area contributed by atoms with Gasteiger partial charge in [0.05, 0.1) is 22.1 Å². The van der Waals surface area contributed by atoms with Crippen LogP contribution in [0.25, 0.3) is 50.0 Å². The molecule has 0 saturated carbocycles. The maximum absolute atomic E-state index is 14.8. The molecule has 0 fully saturated rings. The van der Waals surface area contributed by atoms with Crippen molar-refractivity contribution in [1.82, 2.24) is 64.1 Å². The molecule has 0 spiro atoms. The number of carbonyl (C=O) groups is 1. The summed E-state index contributed by atoms with van der Waals surface area (Å²) in [7, 11) is 0. The highest BCUT2D eigenvalue weighted by atomic mass is 79.9. The molecule has 3 aliphatic rings. The Morgan fingerprint density at radius 1 is 0.468 bits per heavy atom. The number of nitrogens with one attached hydrogen (secondary N) is 1. The van der Waals surface area contributed by atoms with E-state index in [1.165, 1.54) is 79.7 Å². The Bertz CT molecular complexity index is 5250. The van der Waals surface area contributed by atoms with Crippen LogP contribution in [-0.4, -0.2) is 89.8 Å². The van der Waals surface area contributed by atoms with Gasteiger partial charge in [-0.2, -0.15) is 15.0 Å². The van der Waals surface area contributed by atoms with Crippen molar-refractivity contribution in [2.75, 3.05) is 34.3 Å². The van der Waals surface area contributed by atoms with Gasteiger partial charge in [0.25, 0.3) is 17.3 Å². The van der Waals surface area contributed by atoms with E-state index >= 15 is 0 Å². The SMILES string of the molecule is CC(=O)NC(C)(C)C#Cc1cc(F)cc2c1CCCN2c1nc2nnc(C)n2c2ccc(F)cc12.Cc1nnc2nc(N3CCCc4c(Br)cc(F)cc43)c3cc(F)ccc3n12.Cc1nnc2nc(N3CCCc4c(C#CC(C)(C)C)cc(F)cc43)c3cc(F)ccc3n12. The molecule has 6 aromatic carbocycles. The first-order chi connectivity index (χ1) is 44.9. The average Bonchev–Trinajstić information content (AvgIpc) is 1.33. The molecule has 12 aromatic rings. The molecule has 0 atom stereocenters. The molecule has 0 radical (unpaired) electrons. The van der Waals surface area contributed by atoms with Gasteiger partial charge >= 0.3 is 0 Å².